The smallest absolute Gasteiger partial charge is 0.162 e. The topological polar surface area (TPSA) is 91.1 Å². The molecule has 0 saturated carbocycles. The van der Waals surface area contributed by atoms with Gasteiger partial charge in [0.15, 0.2) is 5.65 Å². The lowest BCUT2D eigenvalue weighted by Crippen LogP contribution is -2.48. The van der Waals surface area contributed by atoms with Crippen LogP contribution in [0.5, 0.6) is 5.75 Å². The molecule has 4 N–H and O–H groups in total. The Balaban J connectivity index is 1.65. The minimum Gasteiger partial charge on any atom is -0.507 e. The Kier molecular flexibility index (Phi) is 4.88. The van der Waals surface area contributed by atoms with Gasteiger partial charge in [-0.1, -0.05) is 41.0 Å². The molecule has 3 heterocycles. The fourth-order valence-corrected chi connectivity index (χ4v) is 4.54. The predicted molar refractivity (Wildman–Crippen MR) is 110 cm³/mol. The van der Waals surface area contributed by atoms with Gasteiger partial charge in [0.05, 0.1) is 15.4 Å². The number of H-pyrrole nitrogens is 1. The van der Waals surface area contributed by atoms with Crippen LogP contribution >= 0.6 is 35.0 Å². The van der Waals surface area contributed by atoms with Crippen molar-refractivity contribution in [3.8, 4) is 5.75 Å². The fraction of sp³-hybridized carbons (Fsp3) is 0.333. The number of aromatic hydroxyl groups is 1. The van der Waals surface area contributed by atoms with Crippen LogP contribution in [0.1, 0.15) is 19.8 Å². The lowest BCUT2D eigenvalue weighted by Gasteiger charge is -2.37. The summed E-state index contributed by atoms with van der Waals surface area (Å²) in [6.07, 6.45) is 1.76. The van der Waals surface area contributed by atoms with Crippen molar-refractivity contribution >= 4 is 51.8 Å². The van der Waals surface area contributed by atoms with Gasteiger partial charge in [-0.3, -0.25) is 5.10 Å². The molecule has 4 rings (SSSR count). The van der Waals surface area contributed by atoms with Gasteiger partial charge in [-0.05, 0) is 31.9 Å². The molecule has 0 aliphatic carbocycles. The van der Waals surface area contributed by atoms with Gasteiger partial charge in [0.25, 0.3) is 0 Å². The molecule has 0 bridgehead atoms. The van der Waals surface area contributed by atoms with Gasteiger partial charge in [0, 0.05) is 29.6 Å². The molecule has 0 atom stereocenters. The molecule has 1 saturated heterocycles. The van der Waals surface area contributed by atoms with E-state index in [-0.39, 0.29) is 11.3 Å². The number of piperidine rings is 1. The molecule has 27 heavy (non-hydrogen) atoms. The Hall–Kier alpha value is -1.67. The van der Waals surface area contributed by atoms with E-state index in [1.807, 2.05) is 12.1 Å². The largest absolute Gasteiger partial charge is 0.507 e. The Morgan fingerprint density at radius 2 is 2.04 bits per heavy atom. The molecule has 1 aromatic carbocycles. The van der Waals surface area contributed by atoms with Gasteiger partial charge < -0.3 is 15.7 Å². The zero-order chi connectivity index (χ0) is 19.2. The molecule has 6 nitrogen and oxygen atoms in total. The number of hydrogen-bond acceptors (Lipinski definition) is 6. The highest BCUT2D eigenvalue weighted by Crippen LogP contribution is 2.41. The number of benzene rings is 1. The van der Waals surface area contributed by atoms with Crippen molar-refractivity contribution in [3.05, 3.63) is 34.3 Å². The van der Waals surface area contributed by atoms with E-state index in [0.717, 1.165) is 36.6 Å². The molecule has 0 spiro atoms. The first kappa shape index (κ1) is 18.7. The molecule has 142 valence electrons. The number of rotatable bonds is 3. The molecule has 9 heteroatoms. The van der Waals surface area contributed by atoms with Gasteiger partial charge in [0.2, 0.25) is 0 Å². The number of nitrogens with two attached hydrogens (primary N) is 1. The maximum Gasteiger partial charge on any atom is 0.162 e. The van der Waals surface area contributed by atoms with Gasteiger partial charge in [-0.15, -0.1) is 0 Å². The number of nitrogens with one attached hydrogen (secondary N) is 1. The summed E-state index contributed by atoms with van der Waals surface area (Å²) in [5, 5.41) is 20.0. The lowest BCUT2D eigenvalue weighted by molar-refractivity contribution is 0.363. The molecule has 0 unspecified atom stereocenters. The van der Waals surface area contributed by atoms with E-state index in [0.29, 0.717) is 26.1 Å². The quantitative estimate of drug-likeness (QED) is 0.576. The van der Waals surface area contributed by atoms with Crippen molar-refractivity contribution < 1.29 is 5.11 Å². The average Bonchev–Trinajstić information content (AvgIpc) is 3.02. The molecule has 1 fully saturated rings. The third kappa shape index (κ3) is 3.69. The Labute approximate surface area is 171 Å². The molecular formula is C18H19Cl2N5OS. The first-order valence-corrected chi connectivity index (χ1v) is 10.1. The minimum atomic E-state index is -0.142. The number of pyridine rings is 1. The second kappa shape index (κ2) is 7.05. The van der Waals surface area contributed by atoms with Crippen LogP contribution in [-0.2, 0) is 0 Å². The van der Waals surface area contributed by atoms with Gasteiger partial charge in [0.1, 0.15) is 16.6 Å². The van der Waals surface area contributed by atoms with Crippen LogP contribution in [0.15, 0.2) is 34.2 Å². The summed E-state index contributed by atoms with van der Waals surface area (Å²) in [5.41, 5.74) is 6.59. The minimum absolute atomic E-state index is 0.130. The van der Waals surface area contributed by atoms with Crippen LogP contribution in [0.3, 0.4) is 0 Å². The van der Waals surface area contributed by atoms with E-state index in [9.17, 15) is 5.11 Å². The van der Waals surface area contributed by atoms with Crippen molar-refractivity contribution in [2.75, 3.05) is 18.0 Å². The second-order valence-corrected chi connectivity index (χ2v) is 8.86. The highest BCUT2D eigenvalue weighted by atomic mass is 35.5. The number of hydrogen-bond donors (Lipinski definition) is 3. The van der Waals surface area contributed by atoms with Crippen LogP contribution in [-0.4, -0.2) is 38.9 Å². The highest BCUT2D eigenvalue weighted by Gasteiger charge is 2.27. The lowest BCUT2D eigenvalue weighted by atomic mass is 9.91. The van der Waals surface area contributed by atoms with E-state index in [4.69, 9.17) is 28.9 Å². The molecule has 0 radical (unpaired) electrons. The molecule has 0 amide bonds. The van der Waals surface area contributed by atoms with E-state index < -0.39 is 0 Å². The van der Waals surface area contributed by atoms with Crippen LogP contribution in [0.25, 0.3) is 11.0 Å². The van der Waals surface area contributed by atoms with E-state index in [1.165, 1.54) is 11.8 Å². The van der Waals surface area contributed by atoms with E-state index in [1.54, 1.807) is 12.1 Å². The van der Waals surface area contributed by atoms with Crippen molar-refractivity contribution in [2.45, 2.75) is 35.2 Å². The zero-order valence-electron chi connectivity index (χ0n) is 14.7. The first-order valence-electron chi connectivity index (χ1n) is 8.58. The van der Waals surface area contributed by atoms with Crippen LogP contribution in [0, 0.1) is 0 Å². The zero-order valence-corrected chi connectivity index (χ0v) is 17.0. The monoisotopic (exact) mass is 423 g/mol. The van der Waals surface area contributed by atoms with E-state index >= 15 is 0 Å². The predicted octanol–water partition coefficient (Wildman–Crippen LogP) is 4.44. The summed E-state index contributed by atoms with van der Waals surface area (Å²) in [5.74, 6) is 0.849. The van der Waals surface area contributed by atoms with E-state index in [2.05, 4.69) is 27.0 Å². The third-order valence-electron chi connectivity index (χ3n) is 4.81. The van der Waals surface area contributed by atoms with Crippen molar-refractivity contribution in [3.63, 3.8) is 0 Å². The second-order valence-electron chi connectivity index (χ2n) is 7.05. The molecular weight excluding hydrogens is 405 g/mol. The summed E-state index contributed by atoms with van der Waals surface area (Å²) in [7, 11) is 0. The number of aromatic amines is 1. The molecule has 3 aromatic rings. The summed E-state index contributed by atoms with van der Waals surface area (Å²) in [6, 6.07) is 7.09. The standard InChI is InChI=1S/C18H19Cl2N5OS/c1-18(21)5-7-25(8-6-18)13-9-11(26)14-16(22-13)23-24-17(14)27-12-4-2-3-10(19)15(12)20/h2-4,9H,5-8,21H2,1H3,(H2,22,23,24,26). The highest BCUT2D eigenvalue weighted by molar-refractivity contribution is 7.99. The molecule has 1 aliphatic heterocycles. The number of halogens is 2. The van der Waals surface area contributed by atoms with Crippen LogP contribution in [0.4, 0.5) is 5.82 Å². The average molecular weight is 424 g/mol. The normalized spacial score (nSPS) is 16.8. The SMILES string of the molecule is CC1(N)CCN(c2cc(O)c3c(Sc4cccc(Cl)c4Cl)n[nH]c3n2)CC1. The van der Waals surface area contributed by atoms with Crippen molar-refractivity contribution in [2.24, 2.45) is 5.73 Å². The first-order chi connectivity index (χ1) is 12.8. The van der Waals surface area contributed by atoms with Gasteiger partial charge >= 0.3 is 0 Å². The third-order valence-corrected chi connectivity index (χ3v) is 6.79. The van der Waals surface area contributed by atoms with Gasteiger partial charge in [-0.25, -0.2) is 4.98 Å². The molecule has 1 aliphatic rings. The summed E-state index contributed by atoms with van der Waals surface area (Å²) < 4.78 is 0. The summed E-state index contributed by atoms with van der Waals surface area (Å²) in [6.45, 7) is 3.68. The number of aromatic nitrogens is 3. The van der Waals surface area contributed by atoms with Crippen molar-refractivity contribution in [1.29, 1.82) is 0 Å². The maximum atomic E-state index is 10.6. The summed E-state index contributed by atoms with van der Waals surface area (Å²) >= 11 is 13.7. The summed E-state index contributed by atoms with van der Waals surface area (Å²) in [4.78, 5) is 7.54. The van der Waals surface area contributed by atoms with Gasteiger partial charge in [-0.2, -0.15) is 5.10 Å². The maximum absolute atomic E-state index is 10.6. The van der Waals surface area contributed by atoms with Crippen LogP contribution in [0.2, 0.25) is 10.0 Å². The molecule has 2 aromatic heterocycles. The number of fused-ring (bicyclic) bond motifs is 1. The Bertz CT molecular complexity index is 997. The number of anilines is 1. The Morgan fingerprint density at radius 3 is 2.78 bits per heavy atom. The Morgan fingerprint density at radius 1 is 1.30 bits per heavy atom. The fourth-order valence-electron chi connectivity index (χ4n) is 3.12. The number of nitrogens with zero attached hydrogens (tertiary/aromatic N) is 3. The van der Waals surface area contributed by atoms with Crippen molar-refractivity contribution in [1.82, 2.24) is 15.2 Å². The van der Waals surface area contributed by atoms with Crippen LogP contribution < -0.4 is 10.6 Å².